The van der Waals surface area contributed by atoms with Gasteiger partial charge in [0.15, 0.2) is 0 Å². The van der Waals surface area contributed by atoms with Crippen LogP contribution >= 0.6 is 0 Å². The Morgan fingerprint density at radius 2 is 2.21 bits per heavy atom. The number of hydrogen-bond donors (Lipinski definition) is 2. The Labute approximate surface area is 82.1 Å². The molecule has 0 bridgehead atoms. The number of ether oxygens (including phenoxy) is 1. The van der Waals surface area contributed by atoms with Crippen LogP contribution in [0.25, 0.3) is 0 Å². The topological polar surface area (TPSA) is 64.3 Å². The number of benzene rings is 1. The Morgan fingerprint density at radius 3 is 3.00 bits per heavy atom. The zero-order chi connectivity index (χ0) is 10.2. The largest absolute Gasteiger partial charge is 0.489 e. The van der Waals surface area contributed by atoms with Crippen LogP contribution in [0.4, 0.5) is 5.69 Å². The maximum Gasteiger partial charge on any atom is 0.247 e. The lowest BCUT2D eigenvalue weighted by molar-refractivity contribution is -0.121. The summed E-state index contributed by atoms with van der Waals surface area (Å²) in [5.41, 5.74) is 5.46. The predicted molar refractivity (Wildman–Crippen MR) is 53.2 cm³/mol. The van der Waals surface area contributed by atoms with Gasteiger partial charge in [0.2, 0.25) is 5.91 Å². The molecule has 1 unspecified atom stereocenters. The van der Waals surface area contributed by atoms with E-state index in [2.05, 4.69) is 5.32 Å². The lowest BCUT2D eigenvalue weighted by atomic mass is 10.1. The van der Waals surface area contributed by atoms with Crippen LogP contribution in [0.1, 0.15) is 6.92 Å². The molecular weight excluding hydrogens is 180 g/mol. The Morgan fingerprint density at radius 1 is 1.50 bits per heavy atom. The summed E-state index contributed by atoms with van der Waals surface area (Å²) in [4.78, 5) is 11.6. The number of nitrogens with two attached hydrogens (primary N) is 1. The molecule has 4 heteroatoms. The first-order chi connectivity index (χ1) is 6.59. The molecule has 1 amide bonds. The van der Waals surface area contributed by atoms with Crippen LogP contribution in [0.5, 0.6) is 5.75 Å². The predicted octanol–water partition coefficient (Wildman–Crippen LogP) is 0.735. The molecule has 1 atom stereocenters. The number of amides is 1. The third kappa shape index (κ3) is 1.44. The van der Waals surface area contributed by atoms with Crippen molar-refractivity contribution >= 4 is 11.6 Å². The van der Waals surface area contributed by atoms with Crippen LogP contribution in [0, 0.1) is 0 Å². The Hall–Kier alpha value is -1.55. The van der Waals surface area contributed by atoms with E-state index in [0.717, 1.165) is 0 Å². The molecule has 1 aromatic rings. The summed E-state index contributed by atoms with van der Waals surface area (Å²) < 4.78 is 5.43. The standard InChI is InChI=1S/C10H12N2O2/c1-10(11)6-14-8-5-3-2-4-7(8)12-9(10)13/h2-5H,6,11H2,1H3,(H,12,13). The molecule has 1 aliphatic rings. The van der Waals surface area contributed by atoms with Gasteiger partial charge in [-0.3, -0.25) is 4.79 Å². The zero-order valence-corrected chi connectivity index (χ0v) is 7.91. The summed E-state index contributed by atoms with van der Waals surface area (Å²) in [6, 6.07) is 7.28. The van der Waals surface area contributed by atoms with Gasteiger partial charge in [-0.15, -0.1) is 0 Å². The van der Waals surface area contributed by atoms with Gasteiger partial charge in [-0.2, -0.15) is 0 Å². The van der Waals surface area contributed by atoms with Crippen molar-refractivity contribution in [2.75, 3.05) is 11.9 Å². The second-order valence-electron chi connectivity index (χ2n) is 3.66. The van der Waals surface area contributed by atoms with Gasteiger partial charge >= 0.3 is 0 Å². The number of para-hydroxylation sites is 2. The van der Waals surface area contributed by atoms with Gasteiger partial charge in [0.25, 0.3) is 0 Å². The Kier molecular flexibility index (Phi) is 1.93. The van der Waals surface area contributed by atoms with Gasteiger partial charge in [0, 0.05) is 0 Å². The van der Waals surface area contributed by atoms with E-state index < -0.39 is 5.54 Å². The number of hydrogen-bond acceptors (Lipinski definition) is 3. The van der Waals surface area contributed by atoms with Crippen molar-refractivity contribution in [3.63, 3.8) is 0 Å². The van der Waals surface area contributed by atoms with Crippen LogP contribution in [-0.4, -0.2) is 18.1 Å². The lowest BCUT2D eigenvalue weighted by Crippen LogP contribution is -2.51. The number of carbonyl (C=O) groups is 1. The molecule has 74 valence electrons. The summed E-state index contributed by atoms with van der Waals surface area (Å²) in [5.74, 6) is 0.442. The highest BCUT2D eigenvalue weighted by atomic mass is 16.5. The minimum Gasteiger partial charge on any atom is -0.489 e. The molecule has 3 N–H and O–H groups in total. The van der Waals surface area contributed by atoms with E-state index in [4.69, 9.17) is 10.5 Å². The fourth-order valence-electron chi connectivity index (χ4n) is 1.25. The number of nitrogens with one attached hydrogen (secondary N) is 1. The maximum absolute atomic E-state index is 11.6. The smallest absolute Gasteiger partial charge is 0.247 e. The molecule has 0 aliphatic carbocycles. The average molecular weight is 192 g/mol. The average Bonchev–Trinajstić information content (AvgIpc) is 2.26. The summed E-state index contributed by atoms with van der Waals surface area (Å²) in [7, 11) is 0. The summed E-state index contributed by atoms with van der Waals surface area (Å²) >= 11 is 0. The summed E-state index contributed by atoms with van der Waals surface area (Å²) in [6.07, 6.45) is 0. The van der Waals surface area contributed by atoms with E-state index in [1.807, 2.05) is 12.1 Å². The first-order valence-electron chi connectivity index (χ1n) is 4.42. The first kappa shape index (κ1) is 9.02. The zero-order valence-electron chi connectivity index (χ0n) is 7.91. The number of rotatable bonds is 0. The Bertz CT molecular complexity index is 374. The second-order valence-corrected chi connectivity index (χ2v) is 3.66. The van der Waals surface area contributed by atoms with E-state index >= 15 is 0 Å². The van der Waals surface area contributed by atoms with Gasteiger partial charge in [-0.1, -0.05) is 12.1 Å². The highest BCUT2D eigenvalue weighted by Gasteiger charge is 2.32. The van der Waals surface area contributed by atoms with E-state index in [1.165, 1.54) is 0 Å². The molecule has 1 aliphatic heterocycles. The van der Waals surface area contributed by atoms with Crippen LogP contribution in [0.2, 0.25) is 0 Å². The fourth-order valence-corrected chi connectivity index (χ4v) is 1.25. The van der Waals surface area contributed by atoms with Crippen molar-refractivity contribution in [1.82, 2.24) is 0 Å². The van der Waals surface area contributed by atoms with Crippen molar-refractivity contribution < 1.29 is 9.53 Å². The van der Waals surface area contributed by atoms with E-state index in [9.17, 15) is 4.79 Å². The normalized spacial score (nSPS) is 25.7. The van der Waals surface area contributed by atoms with Gasteiger partial charge in [0.1, 0.15) is 17.9 Å². The van der Waals surface area contributed by atoms with Crippen molar-refractivity contribution in [2.24, 2.45) is 5.73 Å². The molecule has 2 rings (SSSR count). The Balaban J connectivity index is 2.38. The third-order valence-corrected chi connectivity index (χ3v) is 2.18. The highest BCUT2D eigenvalue weighted by molar-refractivity contribution is 5.99. The maximum atomic E-state index is 11.6. The fraction of sp³-hybridized carbons (Fsp3) is 0.300. The molecule has 0 spiro atoms. The van der Waals surface area contributed by atoms with Crippen LogP contribution in [0.3, 0.4) is 0 Å². The molecule has 1 aromatic carbocycles. The summed E-state index contributed by atoms with van der Waals surface area (Å²) in [6.45, 7) is 1.84. The van der Waals surface area contributed by atoms with Crippen LogP contribution in [-0.2, 0) is 4.79 Å². The van der Waals surface area contributed by atoms with Crippen LogP contribution < -0.4 is 15.8 Å². The third-order valence-electron chi connectivity index (χ3n) is 2.18. The number of fused-ring (bicyclic) bond motifs is 1. The van der Waals surface area contributed by atoms with Gasteiger partial charge < -0.3 is 15.8 Å². The number of carbonyl (C=O) groups excluding carboxylic acids is 1. The quantitative estimate of drug-likeness (QED) is 0.637. The molecule has 14 heavy (non-hydrogen) atoms. The van der Waals surface area contributed by atoms with E-state index in [0.29, 0.717) is 11.4 Å². The SMILES string of the molecule is CC1(N)COc2ccccc2NC1=O. The molecule has 0 aromatic heterocycles. The van der Waals surface area contributed by atoms with Crippen molar-refractivity contribution in [2.45, 2.75) is 12.5 Å². The first-order valence-corrected chi connectivity index (χ1v) is 4.42. The van der Waals surface area contributed by atoms with Crippen molar-refractivity contribution in [1.29, 1.82) is 0 Å². The minimum absolute atomic E-state index is 0.190. The minimum atomic E-state index is -0.973. The summed E-state index contributed by atoms with van der Waals surface area (Å²) in [5, 5.41) is 2.72. The molecule has 1 heterocycles. The molecule has 0 fully saturated rings. The van der Waals surface area contributed by atoms with Gasteiger partial charge in [-0.05, 0) is 19.1 Å². The van der Waals surface area contributed by atoms with E-state index in [-0.39, 0.29) is 12.5 Å². The molecule has 0 saturated heterocycles. The molecular formula is C10H12N2O2. The van der Waals surface area contributed by atoms with Gasteiger partial charge in [0.05, 0.1) is 5.69 Å². The lowest BCUT2D eigenvalue weighted by Gasteiger charge is -2.18. The molecule has 0 radical (unpaired) electrons. The van der Waals surface area contributed by atoms with Gasteiger partial charge in [-0.25, -0.2) is 0 Å². The van der Waals surface area contributed by atoms with Crippen LogP contribution in [0.15, 0.2) is 24.3 Å². The molecule has 4 nitrogen and oxygen atoms in total. The molecule has 0 saturated carbocycles. The highest BCUT2D eigenvalue weighted by Crippen LogP contribution is 2.27. The number of anilines is 1. The van der Waals surface area contributed by atoms with Crippen molar-refractivity contribution in [3.05, 3.63) is 24.3 Å². The monoisotopic (exact) mass is 192 g/mol. The second kappa shape index (κ2) is 2.99. The van der Waals surface area contributed by atoms with E-state index in [1.54, 1.807) is 19.1 Å². The van der Waals surface area contributed by atoms with Crippen molar-refractivity contribution in [3.8, 4) is 5.75 Å².